The highest BCUT2D eigenvalue weighted by Crippen LogP contribution is 2.06. The van der Waals surface area contributed by atoms with Crippen molar-refractivity contribution >= 4 is 5.97 Å². The van der Waals surface area contributed by atoms with Crippen LogP contribution in [0.4, 0.5) is 0 Å². The van der Waals surface area contributed by atoms with Gasteiger partial charge in [0.25, 0.3) is 0 Å². The van der Waals surface area contributed by atoms with Gasteiger partial charge in [-0.3, -0.25) is 4.79 Å². The molecule has 1 rings (SSSR count). The third-order valence-corrected chi connectivity index (χ3v) is 2.43. The van der Waals surface area contributed by atoms with E-state index in [1.807, 2.05) is 30.3 Å². The second-order valence-corrected chi connectivity index (χ2v) is 4.23. The summed E-state index contributed by atoms with van der Waals surface area (Å²) in [4.78, 5) is 10.6. The topological polar surface area (TPSA) is 35.5 Å². The predicted octanol–water partition coefficient (Wildman–Crippen LogP) is 2.79. The summed E-state index contributed by atoms with van der Waals surface area (Å²) in [7, 11) is 0. The van der Waals surface area contributed by atoms with Gasteiger partial charge in [0.2, 0.25) is 0 Å². The number of carbonyl (C=O) groups is 1. The average molecular weight is 236 g/mol. The summed E-state index contributed by atoms with van der Waals surface area (Å²) < 4.78 is 10.5. The second kappa shape index (κ2) is 7.85. The van der Waals surface area contributed by atoms with Crippen LogP contribution in [0.25, 0.3) is 0 Å². The fraction of sp³-hybridized carbons (Fsp3) is 0.500. The molecule has 0 radical (unpaired) electrons. The Morgan fingerprint density at radius 3 is 2.65 bits per heavy atom. The zero-order valence-corrected chi connectivity index (χ0v) is 10.5. The predicted molar refractivity (Wildman–Crippen MR) is 66.5 cm³/mol. The Morgan fingerprint density at radius 1 is 1.29 bits per heavy atom. The lowest BCUT2D eigenvalue weighted by atomic mass is 10.1. The molecular weight excluding hydrogens is 216 g/mol. The highest BCUT2D eigenvalue weighted by atomic mass is 16.5. The highest BCUT2D eigenvalue weighted by molar-refractivity contribution is 5.65. The Morgan fingerprint density at radius 2 is 2.00 bits per heavy atom. The molecule has 17 heavy (non-hydrogen) atoms. The van der Waals surface area contributed by atoms with Crippen molar-refractivity contribution in [3.05, 3.63) is 35.9 Å². The van der Waals surface area contributed by atoms with Crippen LogP contribution >= 0.6 is 0 Å². The molecule has 0 aliphatic heterocycles. The number of carbonyl (C=O) groups excluding carboxylic acids is 1. The minimum atomic E-state index is -0.220. The molecule has 1 aromatic rings. The van der Waals surface area contributed by atoms with Gasteiger partial charge in [-0.05, 0) is 17.9 Å². The van der Waals surface area contributed by atoms with E-state index in [-0.39, 0.29) is 5.97 Å². The molecule has 0 saturated carbocycles. The summed E-state index contributed by atoms with van der Waals surface area (Å²) in [6, 6.07) is 10.1. The van der Waals surface area contributed by atoms with Gasteiger partial charge < -0.3 is 9.47 Å². The average Bonchev–Trinajstić information content (AvgIpc) is 2.30. The SMILES string of the molecule is CC(=O)OCCC(C)COCc1ccccc1. The number of rotatable bonds is 7. The summed E-state index contributed by atoms with van der Waals surface area (Å²) in [5.41, 5.74) is 1.18. The Balaban J connectivity index is 2.08. The van der Waals surface area contributed by atoms with E-state index in [2.05, 4.69) is 6.92 Å². The van der Waals surface area contributed by atoms with Crippen LogP contribution in [0.2, 0.25) is 0 Å². The van der Waals surface area contributed by atoms with Gasteiger partial charge in [0.1, 0.15) is 0 Å². The molecule has 0 fully saturated rings. The molecular formula is C14H20O3. The van der Waals surface area contributed by atoms with Crippen molar-refractivity contribution < 1.29 is 14.3 Å². The Hall–Kier alpha value is -1.35. The lowest BCUT2D eigenvalue weighted by Gasteiger charge is -2.11. The van der Waals surface area contributed by atoms with Gasteiger partial charge in [0, 0.05) is 13.5 Å². The van der Waals surface area contributed by atoms with E-state index in [0.717, 1.165) is 6.42 Å². The van der Waals surface area contributed by atoms with Gasteiger partial charge in [0.05, 0.1) is 13.2 Å². The van der Waals surface area contributed by atoms with Crippen LogP contribution < -0.4 is 0 Å². The molecule has 3 heteroatoms. The van der Waals surface area contributed by atoms with Crippen LogP contribution in [-0.4, -0.2) is 19.2 Å². The molecule has 1 unspecified atom stereocenters. The molecule has 1 aromatic carbocycles. The fourth-order valence-corrected chi connectivity index (χ4v) is 1.44. The first-order valence-electron chi connectivity index (χ1n) is 5.93. The van der Waals surface area contributed by atoms with Crippen LogP contribution in [-0.2, 0) is 20.9 Å². The van der Waals surface area contributed by atoms with E-state index in [1.54, 1.807) is 0 Å². The van der Waals surface area contributed by atoms with Crippen molar-refractivity contribution in [2.24, 2.45) is 5.92 Å². The van der Waals surface area contributed by atoms with E-state index in [1.165, 1.54) is 12.5 Å². The van der Waals surface area contributed by atoms with Crippen molar-refractivity contribution in [1.29, 1.82) is 0 Å². The number of benzene rings is 1. The summed E-state index contributed by atoms with van der Waals surface area (Å²) in [6.45, 7) is 5.32. The molecule has 0 amide bonds. The van der Waals surface area contributed by atoms with Crippen LogP contribution in [0.15, 0.2) is 30.3 Å². The molecule has 0 heterocycles. The summed E-state index contributed by atoms with van der Waals surface area (Å²) in [5, 5.41) is 0. The van der Waals surface area contributed by atoms with Gasteiger partial charge in [-0.25, -0.2) is 0 Å². The first-order chi connectivity index (χ1) is 8.18. The van der Waals surface area contributed by atoms with Gasteiger partial charge in [-0.2, -0.15) is 0 Å². The van der Waals surface area contributed by atoms with Crippen LogP contribution in [0.5, 0.6) is 0 Å². The fourth-order valence-electron chi connectivity index (χ4n) is 1.44. The summed E-state index contributed by atoms with van der Waals surface area (Å²) in [5.74, 6) is 0.181. The molecule has 0 spiro atoms. The number of hydrogen-bond acceptors (Lipinski definition) is 3. The van der Waals surface area contributed by atoms with Crippen LogP contribution in [0, 0.1) is 5.92 Å². The minimum absolute atomic E-state index is 0.220. The normalized spacial score (nSPS) is 12.1. The lowest BCUT2D eigenvalue weighted by molar-refractivity contribution is -0.141. The van der Waals surface area contributed by atoms with Crippen molar-refractivity contribution in [1.82, 2.24) is 0 Å². The molecule has 0 saturated heterocycles. The van der Waals surface area contributed by atoms with Crippen molar-refractivity contribution in [2.75, 3.05) is 13.2 Å². The molecule has 0 N–H and O–H groups in total. The Bertz CT molecular complexity index is 321. The Labute approximate surface area is 103 Å². The van der Waals surface area contributed by atoms with Crippen molar-refractivity contribution in [3.8, 4) is 0 Å². The maximum atomic E-state index is 10.6. The molecule has 1 atom stereocenters. The number of esters is 1. The van der Waals surface area contributed by atoms with E-state index < -0.39 is 0 Å². The van der Waals surface area contributed by atoms with Crippen molar-refractivity contribution in [3.63, 3.8) is 0 Å². The van der Waals surface area contributed by atoms with E-state index in [9.17, 15) is 4.79 Å². The van der Waals surface area contributed by atoms with Gasteiger partial charge in [0.15, 0.2) is 0 Å². The third-order valence-electron chi connectivity index (χ3n) is 2.43. The largest absolute Gasteiger partial charge is 0.466 e. The van der Waals surface area contributed by atoms with E-state index >= 15 is 0 Å². The zero-order chi connectivity index (χ0) is 12.5. The lowest BCUT2D eigenvalue weighted by Crippen LogP contribution is -2.10. The third kappa shape index (κ3) is 6.74. The summed E-state index contributed by atoms with van der Waals surface area (Å²) >= 11 is 0. The summed E-state index contributed by atoms with van der Waals surface area (Å²) in [6.07, 6.45) is 0.842. The van der Waals surface area contributed by atoms with E-state index in [4.69, 9.17) is 9.47 Å². The molecule has 0 bridgehead atoms. The molecule has 0 aliphatic rings. The van der Waals surface area contributed by atoms with E-state index in [0.29, 0.717) is 25.7 Å². The standard InChI is InChI=1S/C14H20O3/c1-12(8-9-17-13(2)15)10-16-11-14-6-4-3-5-7-14/h3-7,12H,8-11H2,1-2H3. The zero-order valence-electron chi connectivity index (χ0n) is 10.5. The van der Waals surface area contributed by atoms with Crippen LogP contribution in [0.1, 0.15) is 25.8 Å². The van der Waals surface area contributed by atoms with Gasteiger partial charge in [-0.1, -0.05) is 37.3 Å². The Kier molecular flexibility index (Phi) is 6.33. The van der Waals surface area contributed by atoms with Crippen molar-refractivity contribution in [2.45, 2.75) is 26.9 Å². The van der Waals surface area contributed by atoms with Gasteiger partial charge in [-0.15, -0.1) is 0 Å². The molecule has 94 valence electrons. The smallest absolute Gasteiger partial charge is 0.302 e. The number of ether oxygens (including phenoxy) is 2. The minimum Gasteiger partial charge on any atom is -0.466 e. The van der Waals surface area contributed by atoms with Gasteiger partial charge >= 0.3 is 5.97 Å². The maximum Gasteiger partial charge on any atom is 0.302 e. The quantitative estimate of drug-likeness (QED) is 0.683. The molecule has 0 aromatic heterocycles. The maximum absolute atomic E-state index is 10.6. The highest BCUT2D eigenvalue weighted by Gasteiger charge is 2.03. The molecule has 3 nitrogen and oxygen atoms in total. The second-order valence-electron chi connectivity index (χ2n) is 4.23. The number of hydrogen-bond donors (Lipinski definition) is 0. The van der Waals surface area contributed by atoms with Crippen LogP contribution in [0.3, 0.4) is 0 Å². The first kappa shape index (κ1) is 13.7. The molecule has 0 aliphatic carbocycles. The first-order valence-corrected chi connectivity index (χ1v) is 5.93. The monoisotopic (exact) mass is 236 g/mol.